The maximum Gasteiger partial charge on any atom is 0.216 e. The molecule has 3 rings (SSSR count). The van der Waals surface area contributed by atoms with Crippen molar-refractivity contribution in [1.29, 1.82) is 0 Å². The van der Waals surface area contributed by atoms with Crippen LogP contribution >= 0.6 is 0 Å². The Balaban J connectivity index is 1.97. The SMILES string of the molecule is CC(C)(C)c1ccc(N(c2ccccc2)c2ccc(OC(N)NN)cc2)cc1. The van der Waals surface area contributed by atoms with Crippen molar-refractivity contribution in [2.24, 2.45) is 11.6 Å². The fourth-order valence-corrected chi connectivity index (χ4v) is 2.99. The first-order valence-corrected chi connectivity index (χ1v) is 9.32. The highest BCUT2D eigenvalue weighted by molar-refractivity contribution is 5.76. The van der Waals surface area contributed by atoms with Gasteiger partial charge in [-0.2, -0.15) is 0 Å². The van der Waals surface area contributed by atoms with E-state index in [0.29, 0.717) is 5.75 Å². The zero-order valence-corrected chi connectivity index (χ0v) is 16.6. The highest BCUT2D eigenvalue weighted by atomic mass is 16.5. The van der Waals surface area contributed by atoms with Crippen LogP contribution in [-0.2, 0) is 5.41 Å². The van der Waals surface area contributed by atoms with Gasteiger partial charge in [0, 0.05) is 17.1 Å². The van der Waals surface area contributed by atoms with E-state index in [1.54, 1.807) is 0 Å². The largest absolute Gasteiger partial charge is 0.461 e. The standard InChI is InChI=1S/C23H28N4O/c1-23(2,3)17-9-11-19(12-10-17)27(18-7-5-4-6-8-18)20-13-15-21(16-14-20)28-22(24)26-25/h4-16,22,26H,24-25H2,1-3H3. The van der Waals surface area contributed by atoms with Crippen LogP contribution in [0.15, 0.2) is 78.9 Å². The third kappa shape index (κ3) is 4.70. The lowest BCUT2D eigenvalue weighted by atomic mass is 9.87. The number of rotatable bonds is 6. The van der Waals surface area contributed by atoms with Gasteiger partial charge < -0.3 is 9.64 Å². The molecule has 0 aliphatic rings. The molecule has 0 aliphatic heterocycles. The quantitative estimate of drug-likeness (QED) is 0.334. The summed E-state index contributed by atoms with van der Waals surface area (Å²) in [6.45, 7) is 6.66. The number of para-hydroxylation sites is 1. The van der Waals surface area contributed by atoms with E-state index < -0.39 is 6.35 Å². The van der Waals surface area contributed by atoms with Crippen LogP contribution in [-0.4, -0.2) is 6.35 Å². The Morgan fingerprint density at radius 3 is 1.79 bits per heavy atom. The Morgan fingerprint density at radius 1 is 0.786 bits per heavy atom. The minimum absolute atomic E-state index is 0.116. The number of benzene rings is 3. The van der Waals surface area contributed by atoms with Crippen molar-refractivity contribution >= 4 is 17.1 Å². The zero-order chi connectivity index (χ0) is 20.1. The monoisotopic (exact) mass is 376 g/mol. The second-order valence-electron chi connectivity index (χ2n) is 7.67. The van der Waals surface area contributed by atoms with E-state index in [-0.39, 0.29) is 5.41 Å². The van der Waals surface area contributed by atoms with Gasteiger partial charge in [-0.05, 0) is 59.5 Å². The predicted molar refractivity (Wildman–Crippen MR) is 116 cm³/mol. The molecule has 0 saturated carbocycles. The van der Waals surface area contributed by atoms with Gasteiger partial charge in [-0.25, -0.2) is 5.43 Å². The topological polar surface area (TPSA) is 76.5 Å². The molecule has 28 heavy (non-hydrogen) atoms. The van der Waals surface area contributed by atoms with Gasteiger partial charge in [0.2, 0.25) is 6.35 Å². The molecule has 0 bridgehead atoms. The second kappa shape index (κ2) is 8.44. The van der Waals surface area contributed by atoms with Gasteiger partial charge in [-0.1, -0.05) is 51.1 Å². The molecule has 0 fully saturated rings. The maximum absolute atomic E-state index is 5.67. The number of anilines is 3. The molecule has 3 aromatic carbocycles. The molecule has 5 N–H and O–H groups in total. The summed E-state index contributed by atoms with van der Waals surface area (Å²) in [6, 6.07) is 26.7. The smallest absolute Gasteiger partial charge is 0.216 e. The van der Waals surface area contributed by atoms with E-state index in [1.807, 2.05) is 42.5 Å². The van der Waals surface area contributed by atoms with E-state index in [9.17, 15) is 0 Å². The summed E-state index contributed by atoms with van der Waals surface area (Å²) in [5.41, 5.74) is 12.6. The van der Waals surface area contributed by atoms with E-state index in [2.05, 4.69) is 67.5 Å². The van der Waals surface area contributed by atoms with Crippen molar-refractivity contribution in [2.75, 3.05) is 4.90 Å². The molecular formula is C23H28N4O. The fourth-order valence-electron chi connectivity index (χ4n) is 2.99. The summed E-state index contributed by atoms with van der Waals surface area (Å²) < 4.78 is 5.49. The van der Waals surface area contributed by atoms with Gasteiger partial charge in [-0.3, -0.25) is 11.6 Å². The van der Waals surface area contributed by atoms with Crippen molar-refractivity contribution in [3.8, 4) is 5.75 Å². The van der Waals surface area contributed by atoms with Crippen molar-refractivity contribution in [3.63, 3.8) is 0 Å². The van der Waals surface area contributed by atoms with Crippen LogP contribution in [0, 0.1) is 0 Å². The minimum Gasteiger partial charge on any atom is -0.461 e. The van der Waals surface area contributed by atoms with Crippen LogP contribution in [0.2, 0.25) is 0 Å². The molecule has 5 heteroatoms. The molecule has 0 aliphatic carbocycles. The first-order chi connectivity index (χ1) is 13.4. The Bertz CT molecular complexity index is 871. The predicted octanol–water partition coefficient (Wildman–Crippen LogP) is 4.54. The molecular weight excluding hydrogens is 348 g/mol. The molecule has 0 spiro atoms. The summed E-state index contributed by atoms with van der Waals surface area (Å²) in [5.74, 6) is 5.93. The number of hydrogen-bond donors (Lipinski definition) is 3. The highest BCUT2D eigenvalue weighted by Crippen LogP contribution is 2.36. The van der Waals surface area contributed by atoms with Crippen molar-refractivity contribution < 1.29 is 4.74 Å². The molecule has 146 valence electrons. The summed E-state index contributed by atoms with van der Waals surface area (Å²) in [5, 5.41) is 0. The number of hydrogen-bond acceptors (Lipinski definition) is 5. The van der Waals surface area contributed by atoms with Crippen LogP contribution in [0.25, 0.3) is 0 Å². The maximum atomic E-state index is 5.67. The lowest BCUT2D eigenvalue weighted by Gasteiger charge is -2.27. The summed E-state index contributed by atoms with van der Waals surface area (Å²) in [4.78, 5) is 2.21. The van der Waals surface area contributed by atoms with E-state index in [4.69, 9.17) is 16.3 Å². The van der Waals surface area contributed by atoms with Gasteiger partial charge in [-0.15, -0.1) is 0 Å². The first kappa shape index (κ1) is 19.9. The van der Waals surface area contributed by atoms with Crippen molar-refractivity contribution in [2.45, 2.75) is 32.5 Å². The molecule has 5 nitrogen and oxygen atoms in total. The average molecular weight is 377 g/mol. The Morgan fingerprint density at radius 2 is 1.29 bits per heavy atom. The van der Waals surface area contributed by atoms with Gasteiger partial charge in [0.1, 0.15) is 5.75 Å². The zero-order valence-electron chi connectivity index (χ0n) is 16.6. The number of ether oxygens (including phenoxy) is 1. The minimum atomic E-state index is -0.749. The third-order valence-electron chi connectivity index (χ3n) is 4.53. The summed E-state index contributed by atoms with van der Waals surface area (Å²) in [6.07, 6.45) is -0.749. The fraction of sp³-hybridized carbons (Fsp3) is 0.217. The van der Waals surface area contributed by atoms with Gasteiger partial charge in [0.15, 0.2) is 0 Å². The lowest BCUT2D eigenvalue weighted by molar-refractivity contribution is 0.172. The Hall–Kier alpha value is -2.86. The number of hydrazine groups is 1. The Labute approximate surface area is 166 Å². The molecule has 1 atom stereocenters. The van der Waals surface area contributed by atoms with E-state index in [1.165, 1.54) is 5.56 Å². The molecule has 0 heterocycles. The normalized spacial score (nSPS) is 12.5. The number of nitrogens with zero attached hydrogens (tertiary/aromatic N) is 1. The van der Waals surface area contributed by atoms with Crippen LogP contribution in [0.3, 0.4) is 0 Å². The first-order valence-electron chi connectivity index (χ1n) is 9.32. The molecule has 0 saturated heterocycles. The molecule has 3 aromatic rings. The van der Waals surface area contributed by atoms with Crippen molar-refractivity contribution in [1.82, 2.24) is 5.43 Å². The third-order valence-corrected chi connectivity index (χ3v) is 4.53. The molecule has 1 unspecified atom stereocenters. The van der Waals surface area contributed by atoms with Crippen LogP contribution in [0.5, 0.6) is 5.75 Å². The van der Waals surface area contributed by atoms with Crippen LogP contribution in [0.1, 0.15) is 26.3 Å². The summed E-state index contributed by atoms with van der Waals surface area (Å²) >= 11 is 0. The van der Waals surface area contributed by atoms with Crippen LogP contribution < -0.4 is 26.6 Å². The van der Waals surface area contributed by atoms with Gasteiger partial charge in [0.05, 0.1) is 0 Å². The average Bonchev–Trinajstić information content (AvgIpc) is 2.70. The highest BCUT2D eigenvalue weighted by Gasteiger charge is 2.16. The van der Waals surface area contributed by atoms with Crippen LogP contribution in [0.4, 0.5) is 17.1 Å². The lowest BCUT2D eigenvalue weighted by Crippen LogP contribution is -2.46. The van der Waals surface area contributed by atoms with E-state index >= 15 is 0 Å². The van der Waals surface area contributed by atoms with Gasteiger partial charge >= 0.3 is 0 Å². The number of nitrogens with one attached hydrogen (secondary N) is 1. The number of nitrogens with two attached hydrogens (primary N) is 2. The molecule has 0 radical (unpaired) electrons. The van der Waals surface area contributed by atoms with E-state index in [0.717, 1.165) is 17.1 Å². The van der Waals surface area contributed by atoms with Gasteiger partial charge in [0.25, 0.3) is 0 Å². The second-order valence-corrected chi connectivity index (χ2v) is 7.67. The summed E-state index contributed by atoms with van der Waals surface area (Å²) in [7, 11) is 0. The molecule has 0 amide bonds. The Kier molecular flexibility index (Phi) is 5.99. The van der Waals surface area contributed by atoms with Crippen molar-refractivity contribution in [3.05, 3.63) is 84.4 Å². The molecule has 0 aromatic heterocycles.